The minimum atomic E-state index is -0.828. The maximum Gasteiger partial charge on any atom is 0.335 e. The van der Waals surface area contributed by atoms with Crippen LogP contribution in [-0.4, -0.2) is 54.1 Å². The zero-order valence-electron chi connectivity index (χ0n) is 11.7. The second-order valence-electron chi connectivity index (χ2n) is 5.61. The Balaban J connectivity index is 0.00000147. The Morgan fingerprint density at radius 2 is 1.95 bits per heavy atom. The molecule has 3 rings (SSSR count). The van der Waals surface area contributed by atoms with E-state index in [2.05, 4.69) is 16.8 Å². The van der Waals surface area contributed by atoms with Crippen molar-refractivity contribution in [1.29, 1.82) is 0 Å². The molecule has 1 atom stereocenters. The molecule has 0 aromatic heterocycles. The first-order chi connectivity index (χ1) is 9.15. The van der Waals surface area contributed by atoms with Crippen LogP contribution in [0.15, 0.2) is 18.2 Å². The summed E-state index contributed by atoms with van der Waals surface area (Å²) in [5.74, 6) is -0.828. The third-order valence-corrected chi connectivity index (χ3v) is 4.41. The summed E-state index contributed by atoms with van der Waals surface area (Å²) in [4.78, 5) is 15.9. The van der Waals surface area contributed by atoms with Crippen molar-refractivity contribution in [3.8, 4) is 0 Å². The van der Waals surface area contributed by atoms with Crippen molar-refractivity contribution in [2.45, 2.75) is 18.9 Å². The highest BCUT2D eigenvalue weighted by atomic mass is 35.5. The normalized spacial score (nSPS) is 23.1. The van der Waals surface area contributed by atoms with E-state index in [1.54, 1.807) is 6.07 Å². The van der Waals surface area contributed by atoms with Crippen molar-refractivity contribution in [3.63, 3.8) is 0 Å². The van der Waals surface area contributed by atoms with Crippen LogP contribution in [0.1, 0.15) is 33.9 Å². The summed E-state index contributed by atoms with van der Waals surface area (Å²) in [6.45, 7) is 4.47. The minimum absolute atomic E-state index is 0. The quantitative estimate of drug-likeness (QED) is 0.907. The summed E-state index contributed by atoms with van der Waals surface area (Å²) in [7, 11) is 2.17. The first-order valence-electron chi connectivity index (χ1n) is 6.94. The number of nitrogens with zero attached hydrogens (tertiary/aromatic N) is 2. The van der Waals surface area contributed by atoms with Gasteiger partial charge in [-0.05, 0) is 43.1 Å². The molecule has 1 fully saturated rings. The van der Waals surface area contributed by atoms with Crippen LogP contribution in [0, 0.1) is 0 Å². The molecule has 2 aliphatic rings. The summed E-state index contributed by atoms with van der Waals surface area (Å²) >= 11 is 0. The SMILES string of the molecule is CN1CCN([C@H]2CCc3cc(C(=O)O)ccc32)CC1.Cl. The molecule has 1 saturated heterocycles. The monoisotopic (exact) mass is 296 g/mol. The zero-order valence-corrected chi connectivity index (χ0v) is 12.5. The minimum Gasteiger partial charge on any atom is -0.478 e. The van der Waals surface area contributed by atoms with Gasteiger partial charge in [0, 0.05) is 32.2 Å². The third-order valence-electron chi connectivity index (χ3n) is 4.41. The van der Waals surface area contributed by atoms with Gasteiger partial charge in [0.15, 0.2) is 0 Å². The average Bonchev–Trinajstić information content (AvgIpc) is 2.82. The van der Waals surface area contributed by atoms with E-state index >= 15 is 0 Å². The van der Waals surface area contributed by atoms with E-state index in [9.17, 15) is 4.79 Å². The number of piperazine rings is 1. The van der Waals surface area contributed by atoms with E-state index in [0.717, 1.165) is 39.0 Å². The number of hydrogen-bond donors (Lipinski definition) is 1. The first-order valence-corrected chi connectivity index (χ1v) is 6.94. The lowest BCUT2D eigenvalue weighted by Crippen LogP contribution is -2.45. The highest BCUT2D eigenvalue weighted by molar-refractivity contribution is 5.88. The highest BCUT2D eigenvalue weighted by Gasteiger charge is 2.29. The molecule has 0 spiro atoms. The van der Waals surface area contributed by atoms with E-state index in [4.69, 9.17) is 5.11 Å². The van der Waals surface area contributed by atoms with Gasteiger partial charge in [0.1, 0.15) is 0 Å². The molecule has 0 unspecified atom stereocenters. The number of likely N-dealkylation sites (N-methyl/N-ethyl adjacent to an activating group) is 1. The van der Waals surface area contributed by atoms with Gasteiger partial charge in [0.25, 0.3) is 0 Å². The van der Waals surface area contributed by atoms with E-state index in [-0.39, 0.29) is 12.4 Å². The number of carbonyl (C=O) groups is 1. The number of aryl methyl sites for hydroxylation is 1. The number of hydrogen-bond acceptors (Lipinski definition) is 3. The van der Waals surface area contributed by atoms with Gasteiger partial charge in [-0.25, -0.2) is 4.79 Å². The van der Waals surface area contributed by atoms with Crippen molar-refractivity contribution in [1.82, 2.24) is 9.80 Å². The van der Waals surface area contributed by atoms with Crippen LogP contribution in [-0.2, 0) is 6.42 Å². The Kier molecular flexibility index (Phi) is 4.68. The van der Waals surface area contributed by atoms with E-state index in [1.807, 2.05) is 12.1 Å². The highest BCUT2D eigenvalue weighted by Crippen LogP contribution is 2.36. The summed E-state index contributed by atoms with van der Waals surface area (Å²) in [5.41, 5.74) is 2.98. The molecular formula is C15H21ClN2O2. The van der Waals surface area contributed by atoms with Gasteiger partial charge < -0.3 is 10.0 Å². The van der Waals surface area contributed by atoms with Crippen molar-refractivity contribution >= 4 is 18.4 Å². The lowest BCUT2D eigenvalue weighted by Gasteiger charge is -2.36. The Morgan fingerprint density at radius 1 is 1.25 bits per heavy atom. The van der Waals surface area contributed by atoms with E-state index in [1.165, 1.54) is 11.1 Å². The van der Waals surface area contributed by atoms with Crippen LogP contribution >= 0.6 is 12.4 Å². The van der Waals surface area contributed by atoms with Crippen molar-refractivity contribution in [2.24, 2.45) is 0 Å². The van der Waals surface area contributed by atoms with Crippen molar-refractivity contribution < 1.29 is 9.90 Å². The Hall–Kier alpha value is -1.10. The molecule has 1 aromatic rings. The number of aromatic carboxylic acids is 1. The lowest BCUT2D eigenvalue weighted by atomic mass is 10.0. The number of carboxylic acid groups (broad SMARTS) is 1. The van der Waals surface area contributed by atoms with Gasteiger partial charge in [0.2, 0.25) is 0 Å². The molecule has 1 heterocycles. The molecule has 1 aromatic carbocycles. The van der Waals surface area contributed by atoms with Crippen molar-refractivity contribution in [2.75, 3.05) is 33.2 Å². The van der Waals surface area contributed by atoms with Crippen LogP contribution in [0.5, 0.6) is 0 Å². The first kappa shape index (κ1) is 15.3. The summed E-state index contributed by atoms with van der Waals surface area (Å²) < 4.78 is 0. The maximum atomic E-state index is 11.0. The second kappa shape index (κ2) is 6.12. The fourth-order valence-corrected chi connectivity index (χ4v) is 3.24. The molecule has 0 amide bonds. The molecule has 20 heavy (non-hydrogen) atoms. The molecule has 110 valence electrons. The Labute approximate surface area is 125 Å². The number of benzene rings is 1. The fraction of sp³-hybridized carbons (Fsp3) is 0.533. The lowest BCUT2D eigenvalue weighted by molar-refractivity contribution is 0.0696. The number of carboxylic acids is 1. The molecule has 0 saturated carbocycles. The van der Waals surface area contributed by atoms with Gasteiger partial charge in [-0.1, -0.05) is 6.07 Å². The maximum absolute atomic E-state index is 11.0. The predicted octanol–water partition coefficient (Wildman–Crippen LogP) is 2.04. The molecule has 1 aliphatic carbocycles. The summed E-state index contributed by atoms with van der Waals surface area (Å²) in [6, 6.07) is 6.12. The van der Waals surface area contributed by atoms with Crippen LogP contribution in [0.3, 0.4) is 0 Å². The van der Waals surface area contributed by atoms with Crippen molar-refractivity contribution in [3.05, 3.63) is 34.9 Å². The topological polar surface area (TPSA) is 43.8 Å². The third kappa shape index (κ3) is 2.82. The van der Waals surface area contributed by atoms with E-state index < -0.39 is 5.97 Å². The molecule has 0 radical (unpaired) electrons. The van der Waals surface area contributed by atoms with Crippen LogP contribution in [0.2, 0.25) is 0 Å². The second-order valence-corrected chi connectivity index (χ2v) is 5.61. The van der Waals surface area contributed by atoms with E-state index in [0.29, 0.717) is 11.6 Å². The van der Waals surface area contributed by atoms with Crippen LogP contribution < -0.4 is 0 Å². The zero-order chi connectivity index (χ0) is 13.4. The number of rotatable bonds is 2. The fourth-order valence-electron chi connectivity index (χ4n) is 3.24. The molecule has 4 nitrogen and oxygen atoms in total. The number of fused-ring (bicyclic) bond motifs is 1. The molecule has 0 bridgehead atoms. The molecule has 5 heteroatoms. The largest absolute Gasteiger partial charge is 0.478 e. The predicted molar refractivity (Wildman–Crippen MR) is 80.8 cm³/mol. The van der Waals surface area contributed by atoms with Gasteiger partial charge in [-0.3, -0.25) is 4.90 Å². The van der Waals surface area contributed by atoms with Gasteiger partial charge >= 0.3 is 5.97 Å². The molecule has 1 N–H and O–H groups in total. The Morgan fingerprint density at radius 3 is 2.60 bits per heavy atom. The smallest absolute Gasteiger partial charge is 0.335 e. The Bertz CT molecular complexity index is 499. The molecule has 1 aliphatic heterocycles. The van der Waals surface area contributed by atoms with Gasteiger partial charge in [-0.15, -0.1) is 12.4 Å². The van der Waals surface area contributed by atoms with Crippen LogP contribution in [0.4, 0.5) is 0 Å². The van der Waals surface area contributed by atoms with Gasteiger partial charge in [0.05, 0.1) is 5.56 Å². The number of halogens is 1. The summed E-state index contributed by atoms with van der Waals surface area (Å²) in [5, 5.41) is 9.04. The van der Waals surface area contributed by atoms with Crippen LogP contribution in [0.25, 0.3) is 0 Å². The molecular weight excluding hydrogens is 276 g/mol. The van der Waals surface area contributed by atoms with Gasteiger partial charge in [-0.2, -0.15) is 0 Å². The standard InChI is InChI=1S/C15H20N2O2.ClH/c1-16-6-8-17(9-7-16)14-5-3-11-10-12(15(18)19)2-4-13(11)14;/h2,4,10,14H,3,5-9H2,1H3,(H,18,19);1H/t14-;/m0./s1. The summed E-state index contributed by atoms with van der Waals surface area (Å²) in [6.07, 6.45) is 2.13. The average molecular weight is 297 g/mol.